The number of nitrogens with zero attached hydrogens (tertiary/aromatic N) is 3. The number of nitrogens with one attached hydrogen (secondary N) is 2. The Kier molecular flexibility index (Phi) is 6.15. The Morgan fingerprint density at radius 1 is 0.943 bits per heavy atom. The molecule has 8 nitrogen and oxygen atoms in total. The Balaban J connectivity index is 1.33. The molecule has 2 N–H and O–H groups in total. The van der Waals surface area contributed by atoms with Crippen molar-refractivity contribution in [1.29, 1.82) is 0 Å². The van der Waals surface area contributed by atoms with Crippen molar-refractivity contribution in [2.45, 2.75) is 0 Å². The summed E-state index contributed by atoms with van der Waals surface area (Å²) in [6, 6.07) is 21.3. The minimum absolute atomic E-state index is 0.127. The second-order valence-electron chi connectivity index (χ2n) is 7.61. The SMILES string of the molecule is O=C(CNC(=O)c1ccccc1)Nc1cccc(-c2ccnc3c(C(=O)c4cccs4)cnn23)c1. The zero-order chi connectivity index (χ0) is 24.2. The molecule has 0 aliphatic rings. The fraction of sp³-hybridized carbons (Fsp3) is 0.0385. The molecule has 2 amide bonds. The molecule has 5 aromatic rings. The van der Waals surface area contributed by atoms with Gasteiger partial charge in [0.15, 0.2) is 5.65 Å². The molecule has 0 radical (unpaired) electrons. The van der Waals surface area contributed by atoms with Gasteiger partial charge in [-0.3, -0.25) is 14.4 Å². The van der Waals surface area contributed by atoms with Gasteiger partial charge in [0.25, 0.3) is 5.91 Å². The van der Waals surface area contributed by atoms with Gasteiger partial charge in [-0.15, -0.1) is 11.3 Å². The number of fused-ring (bicyclic) bond motifs is 1. The molecule has 0 bridgehead atoms. The Hall–Kier alpha value is -4.63. The third kappa shape index (κ3) is 4.71. The lowest BCUT2D eigenvalue weighted by Gasteiger charge is -2.10. The van der Waals surface area contributed by atoms with E-state index in [2.05, 4.69) is 20.7 Å². The predicted molar refractivity (Wildman–Crippen MR) is 134 cm³/mol. The highest BCUT2D eigenvalue weighted by Crippen LogP contribution is 2.25. The number of amides is 2. The molecule has 3 heterocycles. The Bertz CT molecular complexity index is 1530. The molecule has 0 unspecified atom stereocenters. The van der Waals surface area contributed by atoms with E-state index in [4.69, 9.17) is 0 Å². The fourth-order valence-electron chi connectivity index (χ4n) is 3.62. The van der Waals surface area contributed by atoms with Crippen molar-refractivity contribution in [2.24, 2.45) is 0 Å². The van der Waals surface area contributed by atoms with E-state index >= 15 is 0 Å². The standard InChI is InChI=1S/C26H19N5O3S/c32-23(16-28-26(34)17-6-2-1-3-7-17)30-19-9-4-8-18(14-19)21-11-12-27-25-20(15-29-31(21)25)24(33)22-10-5-13-35-22/h1-15H,16H2,(H,28,34)(H,30,32). The lowest BCUT2D eigenvalue weighted by molar-refractivity contribution is -0.115. The van der Waals surface area contributed by atoms with E-state index < -0.39 is 0 Å². The van der Waals surface area contributed by atoms with E-state index in [1.54, 1.807) is 65.3 Å². The van der Waals surface area contributed by atoms with Gasteiger partial charge in [-0.25, -0.2) is 9.50 Å². The van der Waals surface area contributed by atoms with Crippen LogP contribution in [0, 0.1) is 0 Å². The van der Waals surface area contributed by atoms with E-state index in [-0.39, 0.29) is 24.1 Å². The molecule has 0 saturated carbocycles. The Labute approximate surface area is 204 Å². The molecule has 0 aliphatic heterocycles. The summed E-state index contributed by atoms with van der Waals surface area (Å²) >= 11 is 1.37. The summed E-state index contributed by atoms with van der Waals surface area (Å²) in [7, 11) is 0. The van der Waals surface area contributed by atoms with Crippen LogP contribution < -0.4 is 10.6 Å². The molecule has 35 heavy (non-hydrogen) atoms. The van der Waals surface area contributed by atoms with Gasteiger partial charge >= 0.3 is 0 Å². The van der Waals surface area contributed by atoms with E-state index in [0.29, 0.717) is 33.0 Å². The first-order valence-corrected chi connectivity index (χ1v) is 11.6. The molecule has 0 spiro atoms. The van der Waals surface area contributed by atoms with Crippen molar-refractivity contribution in [3.63, 3.8) is 0 Å². The highest BCUT2D eigenvalue weighted by atomic mass is 32.1. The first-order chi connectivity index (χ1) is 17.1. The monoisotopic (exact) mass is 481 g/mol. The van der Waals surface area contributed by atoms with Gasteiger partial charge < -0.3 is 10.6 Å². The van der Waals surface area contributed by atoms with Crippen molar-refractivity contribution in [3.05, 3.63) is 107 Å². The van der Waals surface area contributed by atoms with Crippen LogP contribution in [0.15, 0.2) is 90.6 Å². The number of anilines is 1. The normalized spacial score (nSPS) is 10.7. The van der Waals surface area contributed by atoms with Gasteiger partial charge in [0.2, 0.25) is 11.7 Å². The molecule has 9 heteroatoms. The highest BCUT2D eigenvalue weighted by molar-refractivity contribution is 7.12. The van der Waals surface area contributed by atoms with Crippen LogP contribution in [0.4, 0.5) is 5.69 Å². The van der Waals surface area contributed by atoms with Crippen molar-refractivity contribution < 1.29 is 14.4 Å². The predicted octanol–water partition coefficient (Wildman–Crippen LogP) is 4.06. The molecule has 172 valence electrons. The number of hydrogen-bond acceptors (Lipinski definition) is 6. The van der Waals surface area contributed by atoms with Crippen LogP contribution in [0.3, 0.4) is 0 Å². The molecule has 2 aromatic carbocycles. The molecular weight excluding hydrogens is 462 g/mol. The number of hydrogen-bond donors (Lipinski definition) is 2. The smallest absolute Gasteiger partial charge is 0.251 e. The Morgan fingerprint density at radius 2 is 1.80 bits per heavy atom. The Morgan fingerprint density at radius 3 is 2.60 bits per heavy atom. The third-order valence-corrected chi connectivity index (χ3v) is 6.15. The summed E-state index contributed by atoms with van der Waals surface area (Å²) in [5.41, 5.74) is 3.43. The second-order valence-corrected chi connectivity index (χ2v) is 8.56. The van der Waals surface area contributed by atoms with Crippen LogP contribution in [-0.2, 0) is 4.79 Å². The van der Waals surface area contributed by atoms with Crippen LogP contribution in [0.2, 0.25) is 0 Å². The van der Waals surface area contributed by atoms with Crippen LogP contribution in [0.5, 0.6) is 0 Å². The van der Waals surface area contributed by atoms with Crippen molar-refractivity contribution >= 4 is 40.3 Å². The second kappa shape index (κ2) is 9.70. The zero-order valence-corrected chi connectivity index (χ0v) is 19.2. The zero-order valence-electron chi connectivity index (χ0n) is 18.3. The summed E-state index contributed by atoms with van der Waals surface area (Å²) in [5, 5.41) is 11.7. The van der Waals surface area contributed by atoms with E-state index in [1.807, 2.05) is 23.6 Å². The van der Waals surface area contributed by atoms with E-state index in [1.165, 1.54) is 17.5 Å². The van der Waals surface area contributed by atoms with Crippen LogP contribution >= 0.6 is 11.3 Å². The molecule has 0 atom stereocenters. The summed E-state index contributed by atoms with van der Waals surface area (Å²) in [6.07, 6.45) is 3.15. The van der Waals surface area contributed by atoms with Gasteiger partial charge in [-0.2, -0.15) is 5.10 Å². The number of thiophene rings is 1. The average Bonchev–Trinajstić information content (AvgIpc) is 3.58. The van der Waals surface area contributed by atoms with E-state index in [0.717, 1.165) is 5.56 Å². The van der Waals surface area contributed by atoms with Crippen LogP contribution in [-0.4, -0.2) is 38.7 Å². The van der Waals surface area contributed by atoms with E-state index in [9.17, 15) is 14.4 Å². The summed E-state index contributed by atoms with van der Waals surface area (Å²) in [6.45, 7) is -0.162. The fourth-order valence-corrected chi connectivity index (χ4v) is 4.30. The maximum Gasteiger partial charge on any atom is 0.251 e. The molecular formula is C26H19N5O3S. The van der Waals surface area contributed by atoms with Crippen molar-refractivity contribution in [2.75, 3.05) is 11.9 Å². The van der Waals surface area contributed by atoms with Gasteiger partial charge in [-0.1, -0.05) is 36.4 Å². The largest absolute Gasteiger partial charge is 0.343 e. The highest BCUT2D eigenvalue weighted by Gasteiger charge is 2.18. The first kappa shape index (κ1) is 22.2. The summed E-state index contributed by atoms with van der Waals surface area (Å²) in [4.78, 5) is 42.4. The molecule has 0 fully saturated rings. The lowest BCUT2D eigenvalue weighted by atomic mass is 10.1. The number of ketones is 1. The van der Waals surface area contributed by atoms with Gasteiger partial charge in [-0.05, 0) is 41.8 Å². The maximum absolute atomic E-state index is 12.8. The van der Waals surface area contributed by atoms with Gasteiger partial charge in [0, 0.05) is 23.0 Å². The van der Waals surface area contributed by atoms with Gasteiger partial charge in [0.05, 0.1) is 28.9 Å². The topological polar surface area (TPSA) is 105 Å². The number of benzene rings is 2. The molecule has 0 aliphatic carbocycles. The minimum atomic E-state index is -0.353. The lowest BCUT2D eigenvalue weighted by Crippen LogP contribution is -2.32. The number of carbonyl (C=O) groups is 3. The maximum atomic E-state index is 12.8. The first-order valence-electron chi connectivity index (χ1n) is 10.7. The number of aromatic nitrogens is 3. The molecule has 5 rings (SSSR count). The average molecular weight is 482 g/mol. The van der Waals surface area contributed by atoms with Crippen molar-refractivity contribution in [1.82, 2.24) is 19.9 Å². The number of rotatable bonds is 7. The van der Waals surface area contributed by atoms with Crippen molar-refractivity contribution in [3.8, 4) is 11.3 Å². The quantitative estimate of drug-likeness (QED) is 0.341. The minimum Gasteiger partial charge on any atom is -0.343 e. The molecule has 3 aromatic heterocycles. The third-order valence-electron chi connectivity index (χ3n) is 5.28. The van der Waals surface area contributed by atoms with Gasteiger partial charge in [0.1, 0.15) is 0 Å². The van der Waals surface area contributed by atoms with Crippen LogP contribution in [0.25, 0.3) is 16.9 Å². The number of carbonyl (C=O) groups excluding carboxylic acids is 3. The molecule has 0 saturated heterocycles. The summed E-state index contributed by atoms with van der Waals surface area (Å²) < 4.78 is 1.61. The summed E-state index contributed by atoms with van der Waals surface area (Å²) in [5.74, 6) is -0.798. The van der Waals surface area contributed by atoms with Crippen LogP contribution in [0.1, 0.15) is 25.6 Å².